The van der Waals surface area contributed by atoms with Crippen molar-refractivity contribution in [2.75, 3.05) is 6.54 Å². The Morgan fingerprint density at radius 1 is 1.06 bits per heavy atom. The van der Waals surface area contributed by atoms with Gasteiger partial charge < -0.3 is 10.5 Å². The minimum Gasteiger partial charge on any atom is -0.460 e. The number of nitrogens with two attached hydrogens (primary N) is 1. The molecule has 0 rings (SSSR count). The van der Waals surface area contributed by atoms with Gasteiger partial charge in [-0.3, -0.25) is 4.79 Å². The summed E-state index contributed by atoms with van der Waals surface area (Å²) in [6.45, 7) is 10.4. The lowest BCUT2D eigenvalue weighted by molar-refractivity contribution is -0.154. The minimum absolute atomic E-state index is 0.0924. The molecule has 0 unspecified atom stereocenters. The Hall–Kier alpha value is -0.570. The molecular weight excluding hydrogens is 202 g/mol. The molecule has 16 heavy (non-hydrogen) atoms. The van der Waals surface area contributed by atoms with E-state index in [4.69, 9.17) is 10.5 Å². The number of esters is 1. The molecule has 3 heteroatoms. The van der Waals surface area contributed by atoms with Crippen molar-refractivity contribution >= 4 is 5.97 Å². The van der Waals surface area contributed by atoms with E-state index in [2.05, 4.69) is 0 Å². The van der Waals surface area contributed by atoms with E-state index in [0.29, 0.717) is 6.42 Å². The van der Waals surface area contributed by atoms with Gasteiger partial charge in [-0.2, -0.15) is 0 Å². The lowest BCUT2D eigenvalue weighted by Gasteiger charge is -2.19. The number of carbonyl (C=O) groups is 1. The monoisotopic (exact) mass is 231 g/mol. The molecule has 0 aromatic heterocycles. The van der Waals surface area contributed by atoms with Gasteiger partial charge in [0.1, 0.15) is 5.60 Å². The average molecular weight is 231 g/mol. The van der Waals surface area contributed by atoms with Gasteiger partial charge in [0.2, 0.25) is 0 Å². The van der Waals surface area contributed by atoms with Gasteiger partial charge in [0, 0.05) is 6.42 Å². The quantitative estimate of drug-likeness (QED) is 0.564. The Balaban J connectivity index is 0. The zero-order valence-electron chi connectivity index (χ0n) is 11.6. The van der Waals surface area contributed by atoms with Crippen molar-refractivity contribution in [2.24, 2.45) is 5.73 Å². The number of carbonyl (C=O) groups excluding carboxylic acids is 1. The summed E-state index contributed by atoms with van der Waals surface area (Å²) in [6, 6.07) is 0. The molecule has 0 fully saturated rings. The lowest BCUT2D eigenvalue weighted by atomic mass is 10.1. The van der Waals surface area contributed by atoms with Crippen LogP contribution in [0.4, 0.5) is 0 Å². The molecule has 0 aromatic rings. The molecule has 0 aliphatic heterocycles. The fourth-order valence-corrected chi connectivity index (χ4v) is 1.16. The van der Waals surface area contributed by atoms with Crippen molar-refractivity contribution < 1.29 is 9.53 Å². The predicted octanol–water partition coefficient (Wildman–Crippen LogP) is 3.26. The van der Waals surface area contributed by atoms with Gasteiger partial charge in [-0.1, -0.05) is 26.7 Å². The molecule has 0 aliphatic carbocycles. The molecule has 0 amide bonds. The molecule has 0 heterocycles. The molecule has 0 radical (unpaired) electrons. The molecule has 0 saturated carbocycles. The van der Waals surface area contributed by atoms with Gasteiger partial charge in [0.15, 0.2) is 0 Å². The molecule has 0 atom stereocenters. The average Bonchev–Trinajstić information content (AvgIpc) is 2.18. The van der Waals surface area contributed by atoms with E-state index in [9.17, 15) is 4.79 Å². The highest BCUT2D eigenvalue weighted by Crippen LogP contribution is 2.10. The van der Waals surface area contributed by atoms with Crippen molar-refractivity contribution in [1.82, 2.24) is 0 Å². The van der Waals surface area contributed by atoms with Gasteiger partial charge >= 0.3 is 5.97 Å². The maximum Gasteiger partial charge on any atom is 0.306 e. The van der Waals surface area contributed by atoms with E-state index in [0.717, 1.165) is 32.2 Å². The molecule has 0 saturated heterocycles. The maximum absolute atomic E-state index is 11.2. The molecule has 2 N–H and O–H groups in total. The standard InChI is InChI=1S/C11H23NO2.C2H6/c1-11(2,3)14-10(13)8-6-4-5-7-9-12;1-2/h4-9,12H2,1-3H3;1-2H3. The van der Waals surface area contributed by atoms with Crippen molar-refractivity contribution in [2.45, 2.75) is 72.3 Å². The van der Waals surface area contributed by atoms with Gasteiger partial charge in [-0.05, 0) is 40.2 Å². The van der Waals surface area contributed by atoms with Crippen molar-refractivity contribution in [3.63, 3.8) is 0 Å². The molecule has 0 bridgehead atoms. The van der Waals surface area contributed by atoms with E-state index in [1.807, 2.05) is 34.6 Å². The second-order valence-electron chi connectivity index (χ2n) is 4.54. The summed E-state index contributed by atoms with van der Waals surface area (Å²) in [4.78, 5) is 11.2. The van der Waals surface area contributed by atoms with Crippen LogP contribution in [0.2, 0.25) is 0 Å². The Morgan fingerprint density at radius 2 is 1.56 bits per heavy atom. The summed E-state index contributed by atoms with van der Waals surface area (Å²) in [6.07, 6.45) is 4.67. The molecule has 98 valence electrons. The number of hydrogen-bond acceptors (Lipinski definition) is 3. The normalized spacial score (nSPS) is 10.4. The van der Waals surface area contributed by atoms with E-state index in [-0.39, 0.29) is 11.6 Å². The van der Waals surface area contributed by atoms with Crippen molar-refractivity contribution in [3.8, 4) is 0 Å². The first-order chi connectivity index (χ1) is 7.45. The molecular formula is C13H29NO2. The van der Waals surface area contributed by atoms with Gasteiger partial charge in [-0.25, -0.2) is 0 Å². The molecule has 0 aliphatic rings. The highest BCUT2D eigenvalue weighted by atomic mass is 16.6. The fraction of sp³-hybridized carbons (Fsp3) is 0.923. The van der Waals surface area contributed by atoms with Crippen LogP contribution in [0, 0.1) is 0 Å². The topological polar surface area (TPSA) is 52.3 Å². The van der Waals surface area contributed by atoms with Crippen LogP contribution in [0.3, 0.4) is 0 Å². The highest BCUT2D eigenvalue weighted by molar-refractivity contribution is 5.69. The second-order valence-corrected chi connectivity index (χ2v) is 4.54. The van der Waals surface area contributed by atoms with Gasteiger partial charge in [-0.15, -0.1) is 0 Å². The van der Waals surface area contributed by atoms with Gasteiger partial charge in [0.05, 0.1) is 0 Å². The summed E-state index contributed by atoms with van der Waals surface area (Å²) in [5.41, 5.74) is 5.01. The largest absolute Gasteiger partial charge is 0.460 e. The van der Waals surface area contributed by atoms with E-state index in [1.54, 1.807) is 0 Å². The zero-order chi connectivity index (χ0) is 13.0. The van der Waals surface area contributed by atoms with Crippen molar-refractivity contribution in [1.29, 1.82) is 0 Å². The molecule has 3 nitrogen and oxygen atoms in total. The first-order valence-electron chi connectivity index (χ1n) is 6.37. The number of unbranched alkanes of at least 4 members (excludes halogenated alkanes) is 3. The number of hydrogen-bond donors (Lipinski definition) is 1. The predicted molar refractivity (Wildman–Crippen MR) is 69.3 cm³/mol. The third kappa shape index (κ3) is 15.9. The number of ether oxygens (including phenoxy) is 1. The van der Waals surface area contributed by atoms with E-state index < -0.39 is 0 Å². The first-order valence-corrected chi connectivity index (χ1v) is 6.37. The van der Waals surface area contributed by atoms with Crippen LogP contribution < -0.4 is 5.73 Å². The smallest absolute Gasteiger partial charge is 0.306 e. The van der Waals surface area contributed by atoms with Crippen molar-refractivity contribution in [3.05, 3.63) is 0 Å². The van der Waals surface area contributed by atoms with Crippen LogP contribution in [-0.2, 0) is 9.53 Å². The Morgan fingerprint density at radius 3 is 2.00 bits per heavy atom. The van der Waals surface area contributed by atoms with Crippen LogP contribution >= 0.6 is 0 Å². The maximum atomic E-state index is 11.2. The second kappa shape index (κ2) is 10.9. The molecule has 0 aromatic carbocycles. The van der Waals surface area contributed by atoms with Crippen LogP contribution in [0.25, 0.3) is 0 Å². The fourth-order valence-electron chi connectivity index (χ4n) is 1.16. The van der Waals surface area contributed by atoms with E-state index in [1.165, 1.54) is 0 Å². The minimum atomic E-state index is -0.353. The zero-order valence-corrected chi connectivity index (χ0v) is 11.6. The van der Waals surface area contributed by atoms with Crippen LogP contribution in [0.15, 0.2) is 0 Å². The first kappa shape index (κ1) is 17.8. The summed E-state index contributed by atoms with van der Waals surface area (Å²) in [7, 11) is 0. The molecule has 0 spiro atoms. The Labute approximate surface area is 101 Å². The third-order valence-corrected chi connectivity index (χ3v) is 1.76. The number of rotatable bonds is 6. The third-order valence-electron chi connectivity index (χ3n) is 1.76. The summed E-state index contributed by atoms with van der Waals surface area (Å²) < 4.78 is 5.18. The summed E-state index contributed by atoms with van der Waals surface area (Å²) in [5, 5.41) is 0. The van der Waals surface area contributed by atoms with Crippen LogP contribution in [-0.4, -0.2) is 18.1 Å². The van der Waals surface area contributed by atoms with Gasteiger partial charge in [0.25, 0.3) is 0 Å². The lowest BCUT2D eigenvalue weighted by Crippen LogP contribution is -2.23. The Bertz CT molecular complexity index is 162. The Kier molecular flexibility index (Phi) is 12.2. The van der Waals surface area contributed by atoms with Crippen LogP contribution in [0.1, 0.15) is 66.7 Å². The van der Waals surface area contributed by atoms with Crippen LogP contribution in [0.5, 0.6) is 0 Å². The highest BCUT2D eigenvalue weighted by Gasteiger charge is 2.15. The summed E-state index contributed by atoms with van der Waals surface area (Å²) >= 11 is 0. The summed E-state index contributed by atoms with van der Waals surface area (Å²) in [5.74, 6) is -0.0924. The van der Waals surface area contributed by atoms with E-state index >= 15 is 0 Å². The SMILES string of the molecule is CC.CC(C)(C)OC(=O)CCCCCCN.